The molecule has 0 aliphatic rings. The average Bonchev–Trinajstić information content (AvgIpc) is 2.50. The van der Waals surface area contributed by atoms with Crippen LogP contribution in [0.4, 0.5) is 4.79 Å². The van der Waals surface area contributed by atoms with Gasteiger partial charge in [-0.3, -0.25) is 0 Å². The van der Waals surface area contributed by atoms with Crippen molar-refractivity contribution in [2.75, 3.05) is 6.54 Å². The van der Waals surface area contributed by atoms with Crippen LogP contribution >= 0.6 is 0 Å². The van der Waals surface area contributed by atoms with Gasteiger partial charge in [-0.2, -0.15) is 5.26 Å². The van der Waals surface area contributed by atoms with Crippen molar-refractivity contribution >= 4 is 6.03 Å². The van der Waals surface area contributed by atoms with Crippen LogP contribution in [0.15, 0.2) is 24.3 Å². The van der Waals surface area contributed by atoms with Crippen LogP contribution < -0.4 is 10.6 Å². The van der Waals surface area contributed by atoms with Crippen molar-refractivity contribution in [3.05, 3.63) is 35.4 Å². The molecule has 0 aliphatic carbocycles. The molecule has 0 radical (unpaired) electrons. The van der Waals surface area contributed by atoms with Gasteiger partial charge in [0.15, 0.2) is 0 Å². The van der Waals surface area contributed by atoms with Crippen LogP contribution in [-0.4, -0.2) is 23.3 Å². The van der Waals surface area contributed by atoms with Crippen LogP contribution in [0.25, 0.3) is 0 Å². The van der Waals surface area contributed by atoms with Crippen molar-refractivity contribution < 1.29 is 9.90 Å². The molecule has 5 heteroatoms. The predicted octanol–water partition coefficient (Wildman–Crippen LogP) is 2.15. The summed E-state index contributed by atoms with van der Waals surface area (Å²) in [5, 5.41) is 24.4. The normalized spacial score (nSPS) is 14.6. The van der Waals surface area contributed by atoms with Crippen LogP contribution in [-0.2, 0) is 6.54 Å². The Morgan fingerprint density at radius 2 is 2.19 bits per heavy atom. The molecular weight excluding hydrogens is 266 g/mol. The fourth-order valence-electron chi connectivity index (χ4n) is 1.87. The summed E-state index contributed by atoms with van der Waals surface area (Å²) in [5.41, 5.74) is 0.500. The molecule has 1 rings (SSSR count). The van der Waals surface area contributed by atoms with Gasteiger partial charge in [-0.05, 0) is 30.5 Å². The molecule has 0 aromatic heterocycles. The van der Waals surface area contributed by atoms with Crippen LogP contribution in [0, 0.1) is 17.2 Å². The van der Waals surface area contributed by atoms with E-state index in [1.165, 1.54) is 0 Å². The third kappa shape index (κ3) is 5.44. The predicted molar refractivity (Wildman–Crippen MR) is 81.5 cm³/mol. The second-order valence-corrected chi connectivity index (χ2v) is 5.51. The zero-order valence-corrected chi connectivity index (χ0v) is 12.8. The van der Waals surface area contributed by atoms with Crippen molar-refractivity contribution in [3.63, 3.8) is 0 Å². The fourth-order valence-corrected chi connectivity index (χ4v) is 1.87. The molecule has 2 atom stereocenters. The van der Waals surface area contributed by atoms with Crippen molar-refractivity contribution in [2.24, 2.45) is 5.92 Å². The summed E-state index contributed by atoms with van der Waals surface area (Å²) < 4.78 is 0. The van der Waals surface area contributed by atoms with Crippen molar-refractivity contribution in [1.29, 1.82) is 5.26 Å². The summed E-state index contributed by atoms with van der Waals surface area (Å²) in [6.45, 7) is 6.21. The molecule has 0 fully saturated rings. The summed E-state index contributed by atoms with van der Waals surface area (Å²) >= 11 is 0. The fraction of sp³-hybridized carbons (Fsp3) is 0.500. The van der Waals surface area contributed by atoms with Crippen LogP contribution in [0.3, 0.4) is 0 Å². The van der Waals surface area contributed by atoms with Gasteiger partial charge < -0.3 is 15.7 Å². The second-order valence-electron chi connectivity index (χ2n) is 5.51. The van der Waals surface area contributed by atoms with E-state index in [0.29, 0.717) is 12.1 Å². The lowest BCUT2D eigenvalue weighted by Crippen LogP contribution is -2.47. The Kier molecular flexibility index (Phi) is 6.19. The van der Waals surface area contributed by atoms with E-state index in [9.17, 15) is 9.90 Å². The van der Waals surface area contributed by atoms with E-state index in [4.69, 9.17) is 5.26 Å². The highest BCUT2D eigenvalue weighted by Gasteiger charge is 2.27. The van der Waals surface area contributed by atoms with Gasteiger partial charge in [-0.25, -0.2) is 4.79 Å². The van der Waals surface area contributed by atoms with Gasteiger partial charge in [-0.1, -0.05) is 32.4 Å². The Morgan fingerprint density at radius 1 is 1.48 bits per heavy atom. The number of amides is 2. The number of hydrogen-bond donors (Lipinski definition) is 3. The van der Waals surface area contributed by atoms with Gasteiger partial charge in [0.1, 0.15) is 0 Å². The highest BCUT2D eigenvalue weighted by Crippen LogP contribution is 2.18. The average molecular weight is 289 g/mol. The minimum atomic E-state index is -0.924. The number of urea groups is 1. The van der Waals surface area contributed by atoms with E-state index in [1.54, 1.807) is 25.1 Å². The van der Waals surface area contributed by atoms with Crippen molar-refractivity contribution in [2.45, 2.75) is 39.3 Å². The molecule has 0 heterocycles. The Labute approximate surface area is 126 Å². The zero-order chi connectivity index (χ0) is 15.9. The van der Waals surface area contributed by atoms with Crippen LogP contribution in [0.1, 0.15) is 38.3 Å². The third-order valence-electron chi connectivity index (χ3n) is 3.79. The molecule has 3 N–H and O–H groups in total. The maximum absolute atomic E-state index is 11.7. The molecule has 0 aliphatic heterocycles. The van der Waals surface area contributed by atoms with Gasteiger partial charge >= 0.3 is 6.03 Å². The minimum absolute atomic E-state index is 0.102. The number of nitriles is 1. The van der Waals surface area contributed by atoms with E-state index in [1.807, 2.05) is 19.9 Å². The van der Waals surface area contributed by atoms with E-state index < -0.39 is 5.60 Å². The first-order chi connectivity index (χ1) is 9.89. The third-order valence-corrected chi connectivity index (χ3v) is 3.79. The molecule has 0 saturated heterocycles. The van der Waals surface area contributed by atoms with Crippen LogP contribution in [0.2, 0.25) is 0 Å². The number of carbonyl (C=O) groups excluding carboxylic acids is 1. The first-order valence-corrected chi connectivity index (χ1v) is 7.12. The van der Waals surface area contributed by atoms with Gasteiger partial charge in [0.2, 0.25) is 0 Å². The second kappa shape index (κ2) is 7.65. The largest absolute Gasteiger partial charge is 0.388 e. The lowest BCUT2D eigenvalue weighted by molar-refractivity contribution is 0.00790. The molecule has 0 spiro atoms. The molecule has 2 amide bonds. The standard InChI is InChI=1S/C16H23N3O2/c1-4-12(2)16(3,21)11-19-15(20)18-10-14-7-5-6-13(8-14)9-17/h5-8,12,21H,4,10-11H2,1-3H3,(H2,18,19,20). The SMILES string of the molecule is CCC(C)C(C)(O)CNC(=O)NCc1cccc(C#N)c1. The minimum Gasteiger partial charge on any atom is -0.388 e. The maximum Gasteiger partial charge on any atom is 0.315 e. The highest BCUT2D eigenvalue weighted by molar-refractivity contribution is 5.73. The number of nitrogens with zero attached hydrogens (tertiary/aromatic N) is 1. The van der Waals surface area contributed by atoms with E-state index >= 15 is 0 Å². The number of rotatable bonds is 6. The van der Waals surface area contributed by atoms with Crippen molar-refractivity contribution in [3.8, 4) is 6.07 Å². The van der Waals surface area contributed by atoms with Gasteiger partial charge in [0.25, 0.3) is 0 Å². The summed E-state index contributed by atoms with van der Waals surface area (Å²) in [6, 6.07) is 8.79. The Bertz CT molecular complexity index is 520. The molecule has 0 saturated carbocycles. The molecular formula is C16H23N3O2. The number of benzene rings is 1. The molecule has 2 unspecified atom stereocenters. The molecule has 1 aromatic carbocycles. The first kappa shape index (κ1) is 17.0. The molecule has 21 heavy (non-hydrogen) atoms. The zero-order valence-electron chi connectivity index (χ0n) is 12.8. The number of carbonyl (C=O) groups is 1. The number of nitrogens with one attached hydrogen (secondary N) is 2. The number of aliphatic hydroxyl groups is 1. The Morgan fingerprint density at radius 3 is 2.81 bits per heavy atom. The van der Waals surface area contributed by atoms with Gasteiger partial charge in [0, 0.05) is 13.1 Å². The maximum atomic E-state index is 11.7. The van der Waals surface area contributed by atoms with Crippen molar-refractivity contribution in [1.82, 2.24) is 10.6 Å². The van der Waals surface area contributed by atoms with E-state index in [0.717, 1.165) is 12.0 Å². The summed E-state index contributed by atoms with van der Waals surface area (Å²) in [5.74, 6) is 0.102. The molecule has 114 valence electrons. The lowest BCUT2D eigenvalue weighted by atomic mass is 9.89. The summed E-state index contributed by atoms with van der Waals surface area (Å²) in [6.07, 6.45) is 0.844. The summed E-state index contributed by atoms with van der Waals surface area (Å²) in [4.78, 5) is 11.7. The number of hydrogen-bond acceptors (Lipinski definition) is 3. The molecule has 1 aromatic rings. The highest BCUT2D eigenvalue weighted by atomic mass is 16.3. The monoisotopic (exact) mass is 289 g/mol. The Hall–Kier alpha value is -2.06. The Balaban J connectivity index is 2.43. The summed E-state index contributed by atoms with van der Waals surface area (Å²) in [7, 11) is 0. The molecule has 5 nitrogen and oxygen atoms in total. The molecule has 0 bridgehead atoms. The lowest BCUT2D eigenvalue weighted by Gasteiger charge is -2.29. The van der Waals surface area contributed by atoms with E-state index in [-0.39, 0.29) is 18.5 Å². The van der Waals surface area contributed by atoms with Crippen LogP contribution in [0.5, 0.6) is 0 Å². The smallest absolute Gasteiger partial charge is 0.315 e. The topological polar surface area (TPSA) is 85.2 Å². The van der Waals surface area contributed by atoms with Gasteiger partial charge in [0.05, 0.1) is 17.2 Å². The first-order valence-electron chi connectivity index (χ1n) is 7.12. The van der Waals surface area contributed by atoms with Gasteiger partial charge in [-0.15, -0.1) is 0 Å². The van der Waals surface area contributed by atoms with E-state index in [2.05, 4.69) is 16.7 Å². The quantitative estimate of drug-likeness (QED) is 0.750.